The van der Waals surface area contributed by atoms with Gasteiger partial charge in [0, 0.05) is 6.07 Å². The van der Waals surface area contributed by atoms with E-state index in [4.69, 9.17) is 15.3 Å². The lowest BCUT2D eigenvalue weighted by Gasteiger charge is -2.13. The van der Waals surface area contributed by atoms with E-state index in [2.05, 4.69) is 5.32 Å². The van der Waals surface area contributed by atoms with Crippen LogP contribution in [0.1, 0.15) is 11.6 Å². The lowest BCUT2D eigenvalue weighted by atomic mass is 10.1. The summed E-state index contributed by atoms with van der Waals surface area (Å²) in [5.41, 5.74) is 0.655. The number of hydrogen-bond acceptors (Lipinski definition) is 4. The highest BCUT2D eigenvalue weighted by Gasteiger charge is 2.09. The van der Waals surface area contributed by atoms with Crippen LogP contribution in [0.4, 0.5) is 0 Å². The summed E-state index contributed by atoms with van der Waals surface area (Å²) >= 11 is 0. The molecule has 0 radical (unpaired) electrons. The van der Waals surface area contributed by atoms with E-state index in [1.807, 2.05) is 0 Å². The van der Waals surface area contributed by atoms with Crippen molar-refractivity contribution >= 4 is 0 Å². The number of phenols is 2. The highest BCUT2D eigenvalue weighted by atomic mass is 16.3. The highest BCUT2D eigenvalue weighted by Crippen LogP contribution is 2.24. The van der Waals surface area contributed by atoms with Crippen molar-refractivity contribution in [1.82, 2.24) is 5.32 Å². The fourth-order valence-corrected chi connectivity index (χ4v) is 1.18. The van der Waals surface area contributed by atoms with Crippen LogP contribution in [0.3, 0.4) is 0 Å². The fraction of sp³-hybridized carbons (Fsp3) is 0.333. The Kier molecular flexibility index (Phi) is 3.11. The molecule has 0 aromatic heterocycles. The number of likely N-dealkylation sites (N-methyl/N-ethyl adjacent to an activating group) is 1. The lowest BCUT2D eigenvalue weighted by Crippen LogP contribution is -2.19. The molecule has 0 heterocycles. The molecular weight excluding hydrogens is 170 g/mol. The van der Waals surface area contributed by atoms with Gasteiger partial charge in [-0.25, -0.2) is 0 Å². The molecule has 0 spiro atoms. The van der Waals surface area contributed by atoms with Crippen molar-refractivity contribution in [1.29, 1.82) is 0 Å². The van der Waals surface area contributed by atoms with Crippen LogP contribution in [0.5, 0.6) is 11.5 Å². The molecule has 0 bridgehead atoms. The maximum Gasteiger partial charge on any atom is 0.119 e. The number of rotatable bonds is 3. The molecule has 1 aromatic carbocycles. The summed E-state index contributed by atoms with van der Waals surface area (Å²) in [5.74, 6) is -0.0209. The average Bonchev–Trinajstić information content (AvgIpc) is 2.04. The summed E-state index contributed by atoms with van der Waals surface area (Å²) in [6.07, 6.45) is 0. The Hall–Kier alpha value is -1.26. The third kappa shape index (κ3) is 2.34. The van der Waals surface area contributed by atoms with Crippen LogP contribution in [-0.2, 0) is 0 Å². The molecule has 0 saturated heterocycles. The van der Waals surface area contributed by atoms with Crippen LogP contribution < -0.4 is 5.32 Å². The Morgan fingerprint density at radius 2 is 1.77 bits per heavy atom. The second-order valence-corrected chi connectivity index (χ2v) is 2.81. The first-order valence-electron chi connectivity index (χ1n) is 3.98. The first-order valence-corrected chi connectivity index (χ1v) is 3.98. The molecule has 4 nitrogen and oxygen atoms in total. The molecule has 1 rings (SSSR count). The largest absolute Gasteiger partial charge is 0.508 e. The minimum atomic E-state index is -0.266. The van der Waals surface area contributed by atoms with E-state index in [1.165, 1.54) is 18.2 Å². The summed E-state index contributed by atoms with van der Waals surface area (Å²) in [6.45, 7) is -0.0839. The zero-order valence-corrected chi connectivity index (χ0v) is 7.36. The molecule has 0 unspecified atom stereocenters. The molecule has 0 saturated carbocycles. The standard InChI is InChI=1S/C9H13NO3/c1-10-9(5-11)6-2-7(12)4-8(13)3-6/h2-4,9-13H,5H2,1H3/t9-/m0/s1. The Balaban J connectivity index is 2.99. The number of aliphatic hydroxyl groups excluding tert-OH is 1. The topological polar surface area (TPSA) is 72.7 Å². The second kappa shape index (κ2) is 4.11. The Morgan fingerprint density at radius 3 is 2.15 bits per heavy atom. The summed E-state index contributed by atoms with van der Waals surface area (Å²) in [7, 11) is 1.70. The van der Waals surface area contributed by atoms with E-state index in [0.717, 1.165) is 0 Å². The van der Waals surface area contributed by atoms with Gasteiger partial charge in [0.05, 0.1) is 12.6 Å². The zero-order valence-electron chi connectivity index (χ0n) is 7.36. The van der Waals surface area contributed by atoms with Crippen LogP contribution in [0, 0.1) is 0 Å². The summed E-state index contributed by atoms with van der Waals surface area (Å²) in [6, 6.07) is 3.97. The van der Waals surface area contributed by atoms with Crippen LogP contribution in [-0.4, -0.2) is 29.0 Å². The summed E-state index contributed by atoms with van der Waals surface area (Å²) < 4.78 is 0. The predicted molar refractivity (Wildman–Crippen MR) is 48.7 cm³/mol. The second-order valence-electron chi connectivity index (χ2n) is 2.81. The lowest BCUT2D eigenvalue weighted by molar-refractivity contribution is 0.250. The van der Waals surface area contributed by atoms with Crippen LogP contribution in [0.2, 0.25) is 0 Å². The number of aromatic hydroxyl groups is 2. The van der Waals surface area contributed by atoms with Crippen molar-refractivity contribution in [2.24, 2.45) is 0 Å². The molecule has 0 aliphatic carbocycles. The van der Waals surface area contributed by atoms with Gasteiger partial charge in [-0.3, -0.25) is 0 Å². The molecule has 0 fully saturated rings. The van der Waals surface area contributed by atoms with Gasteiger partial charge in [0.15, 0.2) is 0 Å². The van der Waals surface area contributed by atoms with Crippen molar-refractivity contribution < 1.29 is 15.3 Å². The molecule has 72 valence electrons. The highest BCUT2D eigenvalue weighted by molar-refractivity contribution is 5.38. The van der Waals surface area contributed by atoms with Gasteiger partial charge < -0.3 is 20.6 Å². The average molecular weight is 183 g/mol. The van der Waals surface area contributed by atoms with Gasteiger partial charge in [0.25, 0.3) is 0 Å². The number of nitrogens with one attached hydrogen (secondary N) is 1. The Morgan fingerprint density at radius 1 is 1.23 bits per heavy atom. The molecular formula is C9H13NO3. The first kappa shape index (κ1) is 9.83. The maximum absolute atomic E-state index is 9.16. The van der Waals surface area contributed by atoms with E-state index in [-0.39, 0.29) is 24.1 Å². The van der Waals surface area contributed by atoms with E-state index in [9.17, 15) is 0 Å². The molecule has 4 heteroatoms. The minimum absolute atomic E-state index is 0.0105. The summed E-state index contributed by atoms with van der Waals surface area (Å²) in [4.78, 5) is 0. The molecule has 0 amide bonds. The van der Waals surface area contributed by atoms with E-state index in [1.54, 1.807) is 7.05 Å². The van der Waals surface area contributed by atoms with Crippen LogP contribution in [0.25, 0.3) is 0 Å². The molecule has 13 heavy (non-hydrogen) atoms. The Labute approximate surface area is 76.5 Å². The van der Waals surface area contributed by atoms with Gasteiger partial charge in [-0.1, -0.05) is 0 Å². The Bertz CT molecular complexity index is 264. The predicted octanol–water partition coefficient (Wildman–Crippen LogP) is 0.351. The van der Waals surface area contributed by atoms with E-state index in [0.29, 0.717) is 5.56 Å². The molecule has 1 atom stereocenters. The third-order valence-corrected chi connectivity index (χ3v) is 1.86. The SMILES string of the molecule is CN[C@@H](CO)c1cc(O)cc(O)c1. The van der Waals surface area contributed by atoms with E-state index >= 15 is 0 Å². The summed E-state index contributed by atoms with van der Waals surface area (Å²) in [5, 5.41) is 30.1. The quantitative estimate of drug-likeness (QED) is 0.545. The van der Waals surface area contributed by atoms with Crippen LogP contribution in [0.15, 0.2) is 18.2 Å². The molecule has 4 N–H and O–H groups in total. The maximum atomic E-state index is 9.16. The monoisotopic (exact) mass is 183 g/mol. The number of benzene rings is 1. The van der Waals surface area contributed by atoms with Crippen molar-refractivity contribution in [2.75, 3.05) is 13.7 Å². The van der Waals surface area contributed by atoms with Gasteiger partial charge >= 0.3 is 0 Å². The van der Waals surface area contributed by atoms with Gasteiger partial charge in [-0.2, -0.15) is 0 Å². The normalized spacial score (nSPS) is 12.8. The molecule has 1 aromatic rings. The van der Waals surface area contributed by atoms with Gasteiger partial charge in [0.2, 0.25) is 0 Å². The minimum Gasteiger partial charge on any atom is -0.508 e. The number of hydrogen-bond donors (Lipinski definition) is 4. The van der Waals surface area contributed by atoms with Crippen LogP contribution >= 0.6 is 0 Å². The zero-order chi connectivity index (χ0) is 9.84. The van der Waals surface area contributed by atoms with Gasteiger partial charge in [-0.15, -0.1) is 0 Å². The van der Waals surface area contributed by atoms with Gasteiger partial charge in [0.1, 0.15) is 11.5 Å². The van der Waals surface area contributed by atoms with Crippen molar-refractivity contribution in [3.8, 4) is 11.5 Å². The molecule has 0 aliphatic heterocycles. The van der Waals surface area contributed by atoms with E-state index < -0.39 is 0 Å². The van der Waals surface area contributed by atoms with Crippen molar-refractivity contribution in [3.05, 3.63) is 23.8 Å². The molecule has 0 aliphatic rings. The van der Waals surface area contributed by atoms with Crippen molar-refractivity contribution in [2.45, 2.75) is 6.04 Å². The van der Waals surface area contributed by atoms with Gasteiger partial charge in [-0.05, 0) is 24.7 Å². The fourth-order valence-electron chi connectivity index (χ4n) is 1.18. The van der Waals surface area contributed by atoms with Crippen molar-refractivity contribution in [3.63, 3.8) is 0 Å². The number of aliphatic hydroxyl groups is 1. The smallest absolute Gasteiger partial charge is 0.119 e. The number of phenolic OH excluding ortho intramolecular Hbond substituents is 2. The first-order chi connectivity index (χ1) is 6.17. The third-order valence-electron chi connectivity index (χ3n) is 1.86.